The first-order chi connectivity index (χ1) is 15.6. The number of amides is 1. The fourth-order valence-electron chi connectivity index (χ4n) is 3.44. The number of carboxylic acid groups (broad SMARTS) is 2. The number of hydrogen-bond donors (Lipinski definition) is 3. The molecule has 33 heavy (non-hydrogen) atoms. The number of aromatic nitrogens is 3. The number of alkyl halides is 3. The Morgan fingerprint density at radius 2 is 1.82 bits per heavy atom. The number of imidazole rings is 1. The number of nitrogens with zero attached hydrogens (tertiary/aromatic N) is 4. The summed E-state index contributed by atoms with van der Waals surface area (Å²) in [4.78, 5) is 39.9. The molecule has 1 amide bonds. The fourth-order valence-corrected chi connectivity index (χ4v) is 3.44. The molecule has 2 aromatic heterocycles. The Labute approximate surface area is 188 Å². The topological polar surface area (TPSA) is 138 Å². The molecule has 0 bridgehead atoms. The lowest BCUT2D eigenvalue weighted by Crippen LogP contribution is -2.55. The molecule has 3 N–H and O–H groups in total. The van der Waals surface area contributed by atoms with E-state index in [0.717, 1.165) is 11.3 Å². The van der Waals surface area contributed by atoms with Crippen molar-refractivity contribution in [2.75, 3.05) is 19.6 Å². The fraction of sp³-hybridized carbons (Fsp3) is 0.450. The Morgan fingerprint density at radius 1 is 1.21 bits per heavy atom. The van der Waals surface area contributed by atoms with Crippen LogP contribution in [0.3, 0.4) is 0 Å². The van der Waals surface area contributed by atoms with Crippen LogP contribution in [-0.2, 0) is 26.5 Å². The first kappa shape index (κ1) is 27.6. The molecule has 0 aromatic carbocycles. The zero-order valence-electron chi connectivity index (χ0n) is 17.9. The summed E-state index contributed by atoms with van der Waals surface area (Å²) in [7, 11) is 0. The highest BCUT2D eigenvalue weighted by atomic mass is 19.4. The van der Waals surface area contributed by atoms with E-state index in [1.54, 1.807) is 17.0 Å². The zero-order valence-corrected chi connectivity index (χ0v) is 17.9. The van der Waals surface area contributed by atoms with Gasteiger partial charge in [-0.25, -0.2) is 4.98 Å². The lowest BCUT2D eigenvalue weighted by atomic mass is 9.86. The molecule has 0 saturated carbocycles. The number of carbonyl (C=O) groups excluding carboxylic acids is 1. The third kappa shape index (κ3) is 8.52. The summed E-state index contributed by atoms with van der Waals surface area (Å²) in [6, 6.07) is 3.87. The van der Waals surface area contributed by atoms with Gasteiger partial charge in [0.1, 0.15) is 12.1 Å². The lowest BCUT2D eigenvalue weighted by Gasteiger charge is -2.41. The number of nitrogens with one attached hydrogen (secondary N) is 1. The van der Waals surface area contributed by atoms with Crippen molar-refractivity contribution < 1.29 is 37.8 Å². The van der Waals surface area contributed by atoms with Gasteiger partial charge < -0.3 is 20.1 Å². The first-order valence-corrected chi connectivity index (χ1v) is 9.75. The Morgan fingerprint density at radius 3 is 2.30 bits per heavy atom. The van der Waals surface area contributed by atoms with Crippen LogP contribution < -0.4 is 5.32 Å². The standard InChI is InChI=1S/C18H22F3N5O.2CH2O2/c1-14-3-2-6-23-15(14)11-25-8-4-17(5-9-25,26-10-7-22-13-26)16(27)24-12-18(19,20)21;2*2-1-3/h2-3,6-7,10,13H,4-5,8-9,11-12H2,1H3,(H,24,27);2*1H,(H,2,3). The maximum atomic E-state index is 12.7. The summed E-state index contributed by atoms with van der Waals surface area (Å²) in [5, 5.41) is 15.8. The van der Waals surface area contributed by atoms with Gasteiger partial charge in [-0.15, -0.1) is 0 Å². The highest BCUT2D eigenvalue weighted by molar-refractivity contribution is 5.84. The zero-order chi connectivity index (χ0) is 24.9. The molecule has 0 aliphatic carbocycles. The van der Waals surface area contributed by atoms with Crippen LogP contribution in [0.2, 0.25) is 0 Å². The number of pyridine rings is 1. The second kappa shape index (κ2) is 13.2. The van der Waals surface area contributed by atoms with Crippen molar-refractivity contribution >= 4 is 18.9 Å². The minimum atomic E-state index is -4.44. The van der Waals surface area contributed by atoms with Gasteiger partial charge in [-0.2, -0.15) is 13.2 Å². The Bertz CT molecular complexity index is 863. The van der Waals surface area contributed by atoms with Crippen LogP contribution in [0, 0.1) is 6.92 Å². The summed E-state index contributed by atoms with van der Waals surface area (Å²) in [5.74, 6) is -0.619. The van der Waals surface area contributed by atoms with Crippen molar-refractivity contribution in [2.45, 2.75) is 38.0 Å². The van der Waals surface area contributed by atoms with E-state index in [0.29, 0.717) is 32.5 Å². The first-order valence-electron chi connectivity index (χ1n) is 9.75. The van der Waals surface area contributed by atoms with Crippen LogP contribution in [0.5, 0.6) is 0 Å². The SMILES string of the molecule is Cc1cccnc1CN1CCC(C(=O)NCC(F)(F)F)(n2ccnc2)CC1.O=CO.O=CO. The number of piperidine rings is 1. The largest absolute Gasteiger partial charge is 0.483 e. The van der Waals surface area contributed by atoms with Gasteiger partial charge >= 0.3 is 6.18 Å². The highest BCUT2D eigenvalue weighted by Gasteiger charge is 2.44. The molecular weight excluding hydrogens is 447 g/mol. The molecule has 0 radical (unpaired) electrons. The Hall–Kier alpha value is -3.48. The molecule has 1 aliphatic rings. The monoisotopic (exact) mass is 473 g/mol. The van der Waals surface area contributed by atoms with Gasteiger partial charge in [0, 0.05) is 38.2 Å². The average molecular weight is 473 g/mol. The molecule has 182 valence electrons. The van der Waals surface area contributed by atoms with E-state index in [1.807, 2.05) is 19.1 Å². The smallest absolute Gasteiger partial charge is 0.405 e. The predicted molar refractivity (Wildman–Crippen MR) is 110 cm³/mol. The summed E-state index contributed by atoms with van der Waals surface area (Å²) in [5.41, 5.74) is 0.998. The summed E-state index contributed by atoms with van der Waals surface area (Å²) >= 11 is 0. The summed E-state index contributed by atoms with van der Waals surface area (Å²) in [6.07, 6.45) is 2.76. The lowest BCUT2D eigenvalue weighted by molar-refractivity contribution is -0.145. The van der Waals surface area contributed by atoms with Gasteiger partial charge in [-0.05, 0) is 31.4 Å². The minimum Gasteiger partial charge on any atom is -0.483 e. The average Bonchev–Trinajstić information content (AvgIpc) is 3.30. The highest BCUT2D eigenvalue weighted by Crippen LogP contribution is 2.31. The van der Waals surface area contributed by atoms with Crippen LogP contribution in [0.1, 0.15) is 24.1 Å². The van der Waals surface area contributed by atoms with Gasteiger partial charge in [-0.3, -0.25) is 24.3 Å². The minimum absolute atomic E-state index is 0.250. The van der Waals surface area contributed by atoms with Gasteiger partial charge in [0.05, 0.1) is 12.0 Å². The van der Waals surface area contributed by atoms with Gasteiger partial charge in [0.15, 0.2) is 0 Å². The van der Waals surface area contributed by atoms with Crippen LogP contribution >= 0.6 is 0 Å². The molecule has 1 fully saturated rings. The third-order valence-corrected chi connectivity index (χ3v) is 5.05. The van der Waals surface area contributed by atoms with Crippen LogP contribution in [-0.4, -0.2) is 74.3 Å². The number of likely N-dealkylation sites (tertiary alicyclic amines) is 1. The second-order valence-electron chi connectivity index (χ2n) is 7.05. The van der Waals surface area contributed by atoms with E-state index in [2.05, 4.69) is 20.2 Å². The quantitative estimate of drug-likeness (QED) is 0.558. The molecule has 10 nitrogen and oxygen atoms in total. The van der Waals surface area contributed by atoms with E-state index in [4.69, 9.17) is 19.8 Å². The maximum Gasteiger partial charge on any atom is 0.405 e. The molecule has 1 aliphatic heterocycles. The number of hydrogen-bond acceptors (Lipinski definition) is 6. The van der Waals surface area contributed by atoms with E-state index >= 15 is 0 Å². The van der Waals surface area contributed by atoms with E-state index in [9.17, 15) is 18.0 Å². The molecular formula is C20H26F3N5O5. The van der Waals surface area contributed by atoms with E-state index in [1.165, 1.54) is 12.5 Å². The van der Waals surface area contributed by atoms with Crippen molar-refractivity contribution in [3.05, 3.63) is 48.3 Å². The molecule has 3 rings (SSSR count). The number of carbonyl (C=O) groups is 3. The molecule has 0 spiro atoms. The molecule has 0 atom stereocenters. The Kier molecular flexibility index (Phi) is 11.0. The second-order valence-corrected chi connectivity index (χ2v) is 7.05. The molecule has 0 unspecified atom stereocenters. The van der Waals surface area contributed by atoms with E-state index in [-0.39, 0.29) is 12.9 Å². The number of rotatable bonds is 5. The molecule has 3 heterocycles. The van der Waals surface area contributed by atoms with E-state index < -0.39 is 24.2 Å². The molecule has 13 heteroatoms. The van der Waals surface area contributed by atoms with Crippen molar-refractivity contribution in [2.24, 2.45) is 0 Å². The van der Waals surface area contributed by atoms with Gasteiger partial charge in [0.25, 0.3) is 12.9 Å². The summed E-state index contributed by atoms with van der Waals surface area (Å²) in [6.45, 7) is 1.96. The number of aryl methyl sites for hydroxylation is 1. The van der Waals surface area contributed by atoms with Gasteiger partial charge in [0.2, 0.25) is 5.91 Å². The van der Waals surface area contributed by atoms with Gasteiger partial charge in [-0.1, -0.05) is 6.07 Å². The molecule has 1 saturated heterocycles. The predicted octanol–water partition coefficient (Wildman–Crippen LogP) is 1.66. The normalized spacial score (nSPS) is 15.2. The third-order valence-electron chi connectivity index (χ3n) is 5.05. The van der Waals surface area contributed by atoms with Crippen LogP contribution in [0.25, 0.3) is 0 Å². The summed E-state index contributed by atoms with van der Waals surface area (Å²) < 4.78 is 39.3. The maximum absolute atomic E-state index is 12.7. The van der Waals surface area contributed by atoms with Crippen molar-refractivity contribution in [1.82, 2.24) is 24.8 Å². The van der Waals surface area contributed by atoms with Crippen molar-refractivity contribution in [3.63, 3.8) is 0 Å². The van der Waals surface area contributed by atoms with Crippen LogP contribution in [0.15, 0.2) is 37.1 Å². The van der Waals surface area contributed by atoms with Crippen molar-refractivity contribution in [1.29, 1.82) is 0 Å². The Balaban J connectivity index is 0.000000819. The number of halogens is 3. The van der Waals surface area contributed by atoms with Crippen molar-refractivity contribution in [3.8, 4) is 0 Å². The van der Waals surface area contributed by atoms with Crippen LogP contribution in [0.4, 0.5) is 13.2 Å². The molecule has 2 aromatic rings.